The number of H-pyrrole nitrogens is 1. The smallest absolute Gasteiger partial charge is 0.228 e. The van der Waals surface area contributed by atoms with Crippen LogP contribution in [0.2, 0.25) is 0 Å². The van der Waals surface area contributed by atoms with Gasteiger partial charge in [0, 0.05) is 55.1 Å². The molecule has 0 spiro atoms. The molecule has 8 heteroatoms. The van der Waals surface area contributed by atoms with Gasteiger partial charge in [0.25, 0.3) is 0 Å². The molecule has 224 valence electrons. The molecule has 4 heterocycles. The highest BCUT2D eigenvalue weighted by molar-refractivity contribution is 5.93. The molecule has 7 aliphatic rings. The number of rotatable bonds is 5. The number of nitrogens with zero attached hydrogens (tertiary/aromatic N) is 2. The van der Waals surface area contributed by atoms with E-state index >= 15 is 0 Å². The highest BCUT2D eigenvalue weighted by Crippen LogP contribution is 2.59. The first-order chi connectivity index (χ1) is 20.3. The van der Waals surface area contributed by atoms with Crippen LogP contribution < -0.4 is 5.32 Å². The first-order valence-corrected chi connectivity index (χ1v) is 16.4. The summed E-state index contributed by atoms with van der Waals surface area (Å²) in [5, 5.41) is 4.47. The number of hydrogen-bond donors (Lipinski definition) is 2. The molecule has 9 rings (SSSR count). The third-order valence-electron chi connectivity index (χ3n) is 12.2. The Morgan fingerprint density at radius 2 is 1.69 bits per heavy atom. The molecule has 4 aliphatic carbocycles. The fourth-order valence-corrected chi connectivity index (χ4v) is 10.6. The lowest BCUT2D eigenvalue weighted by Gasteiger charge is -2.57. The number of fused-ring (bicyclic) bond motifs is 5. The van der Waals surface area contributed by atoms with Crippen LogP contribution in [0.3, 0.4) is 0 Å². The van der Waals surface area contributed by atoms with Crippen molar-refractivity contribution in [2.45, 2.75) is 70.3 Å². The van der Waals surface area contributed by atoms with Crippen molar-refractivity contribution in [1.29, 1.82) is 0 Å². The number of aromatic amines is 1. The first-order valence-electron chi connectivity index (χ1n) is 16.4. The molecule has 0 radical (unpaired) electrons. The van der Waals surface area contributed by atoms with Gasteiger partial charge in [0.1, 0.15) is 0 Å². The summed E-state index contributed by atoms with van der Waals surface area (Å²) in [6, 6.07) is 8.27. The van der Waals surface area contributed by atoms with Gasteiger partial charge in [-0.25, -0.2) is 0 Å². The molecule has 8 nitrogen and oxygen atoms in total. The van der Waals surface area contributed by atoms with E-state index < -0.39 is 17.4 Å². The predicted molar refractivity (Wildman–Crippen MR) is 158 cm³/mol. The van der Waals surface area contributed by atoms with Crippen LogP contribution in [0.5, 0.6) is 0 Å². The Balaban J connectivity index is 1.06. The summed E-state index contributed by atoms with van der Waals surface area (Å²) in [5.74, 6) is 1.65. The summed E-state index contributed by atoms with van der Waals surface area (Å²) in [4.78, 5) is 49.4. The topological polar surface area (TPSA) is 94.7 Å². The number of hydrogen-bond acceptors (Lipinski definition) is 4. The normalized spacial score (nSPS) is 37.1. The van der Waals surface area contributed by atoms with Crippen molar-refractivity contribution in [1.82, 2.24) is 20.1 Å². The minimum atomic E-state index is -0.786. The molecule has 1 aromatic carbocycles. The zero-order valence-electron chi connectivity index (χ0n) is 24.8. The van der Waals surface area contributed by atoms with Gasteiger partial charge in [-0.05, 0) is 93.1 Å². The maximum absolute atomic E-state index is 14.3. The van der Waals surface area contributed by atoms with Gasteiger partial charge in [0.05, 0.1) is 24.7 Å². The van der Waals surface area contributed by atoms with Crippen molar-refractivity contribution >= 4 is 28.6 Å². The van der Waals surface area contributed by atoms with Crippen LogP contribution in [0.15, 0.2) is 24.3 Å². The minimum Gasteiger partial charge on any atom is -0.378 e. The Bertz CT molecular complexity index is 1390. The number of carbonyl (C=O) groups excluding carboxylic acids is 3. The molecule has 2 saturated heterocycles. The summed E-state index contributed by atoms with van der Waals surface area (Å²) in [5.41, 5.74) is 2.71. The molecule has 2 N–H and O–H groups in total. The van der Waals surface area contributed by atoms with Crippen LogP contribution in [0, 0.1) is 35.0 Å². The molecule has 3 amide bonds. The predicted octanol–water partition coefficient (Wildman–Crippen LogP) is 3.99. The molecule has 4 saturated carbocycles. The molecular weight excluding hydrogens is 528 g/mol. The minimum absolute atomic E-state index is 0.0118. The van der Waals surface area contributed by atoms with Gasteiger partial charge in [0.15, 0.2) is 0 Å². The van der Waals surface area contributed by atoms with Gasteiger partial charge < -0.3 is 24.8 Å². The average Bonchev–Trinajstić information content (AvgIpc) is 3.37. The Labute approximate surface area is 247 Å². The van der Waals surface area contributed by atoms with Crippen LogP contribution in [-0.2, 0) is 31.1 Å². The number of piperidine rings is 1. The lowest BCUT2D eigenvalue weighted by atomic mass is 9.49. The summed E-state index contributed by atoms with van der Waals surface area (Å²) >= 11 is 0. The third-order valence-corrected chi connectivity index (χ3v) is 12.2. The zero-order valence-corrected chi connectivity index (χ0v) is 24.8. The van der Waals surface area contributed by atoms with Crippen molar-refractivity contribution in [3.63, 3.8) is 0 Å². The van der Waals surface area contributed by atoms with Crippen molar-refractivity contribution in [2.75, 3.05) is 39.4 Å². The third kappa shape index (κ3) is 4.15. The molecule has 4 bridgehead atoms. The highest BCUT2D eigenvalue weighted by atomic mass is 16.5. The van der Waals surface area contributed by atoms with Gasteiger partial charge in [0.2, 0.25) is 17.7 Å². The van der Waals surface area contributed by atoms with Gasteiger partial charge >= 0.3 is 0 Å². The fourth-order valence-electron chi connectivity index (χ4n) is 10.6. The Morgan fingerprint density at radius 3 is 2.40 bits per heavy atom. The van der Waals surface area contributed by atoms with Gasteiger partial charge in [-0.3, -0.25) is 14.4 Å². The number of nitrogens with one attached hydrogen (secondary N) is 2. The number of morpholine rings is 1. The van der Waals surface area contributed by atoms with Gasteiger partial charge in [-0.1, -0.05) is 18.2 Å². The number of amides is 3. The quantitative estimate of drug-likeness (QED) is 0.567. The summed E-state index contributed by atoms with van der Waals surface area (Å²) in [6.07, 6.45) is 9.18. The maximum Gasteiger partial charge on any atom is 0.228 e. The second kappa shape index (κ2) is 9.83. The van der Waals surface area contributed by atoms with Crippen LogP contribution in [0.1, 0.15) is 69.5 Å². The largest absolute Gasteiger partial charge is 0.378 e. The molecular formula is C34H44N4O4. The summed E-state index contributed by atoms with van der Waals surface area (Å²) in [6.45, 7) is 5.57. The van der Waals surface area contributed by atoms with E-state index in [0.717, 1.165) is 41.9 Å². The number of benzene rings is 1. The van der Waals surface area contributed by atoms with Gasteiger partial charge in [-0.2, -0.15) is 0 Å². The lowest BCUT2D eigenvalue weighted by molar-refractivity contribution is -0.166. The number of ether oxygens (including phenoxy) is 1. The zero-order chi connectivity index (χ0) is 28.6. The maximum atomic E-state index is 14.3. The van der Waals surface area contributed by atoms with E-state index in [1.807, 2.05) is 21.9 Å². The molecule has 1 unspecified atom stereocenters. The van der Waals surface area contributed by atoms with E-state index in [9.17, 15) is 14.4 Å². The molecule has 6 fully saturated rings. The second-order valence-electron chi connectivity index (χ2n) is 14.7. The lowest BCUT2D eigenvalue weighted by Crippen LogP contribution is -2.65. The van der Waals surface area contributed by atoms with Crippen molar-refractivity contribution in [3.8, 4) is 0 Å². The van der Waals surface area contributed by atoms with Crippen LogP contribution >= 0.6 is 0 Å². The van der Waals surface area contributed by atoms with E-state index in [1.54, 1.807) is 0 Å². The number of carbonyl (C=O) groups is 3. The fraction of sp³-hybridized carbons (Fsp3) is 0.676. The Hall–Kier alpha value is -2.87. The number of para-hydroxylation sites is 1. The van der Waals surface area contributed by atoms with Crippen molar-refractivity contribution in [2.24, 2.45) is 35.0 Å². The second-order valence-corrected chi connectivity index (χ2v) is 14.7. The monoisotopic (exact) mass is 572 g/mol. The molecule has 3 aliphatic heterocycles. The van der Waals surface area contributed by atoms with E-state index in [1.165, 1.54) is 49.5 Å². The van der Waals surface area contributed by atoms with E-state index in [-0.39, 0.29) is 29.6 Å². The molecule has 42 heavy (non-hydrogen) atoms. The number of aromatic nitrogens is 1. The summed E-state index contributed by atoms with van der Waals surface area (Å²) < 4.78 is 5.55. The van der Waals surface area contributed by atoms with Crippen LogP contribution in [0.4, 0.5) is 0 Å². The Morgan fingerprint density at radius 1 is 1.00 bits per heavy atom. The molecule has 1 aromatic heterocycles. The summed E-state index contributed by atoms with van der Waals surface area (Å²) in [7, 11) is 0. The van der Waals surface area contributed by atoms with Gasteiger partial charge in [-0.15, -0.1) is 0 Å². The van der Waals surface area contributed by atoms with Crippen LogP contribution in [0.25, 0.3) is 10.9 Å². The molecule has 2 aromatic rings. The van der Waals surface area contributed by atoms with E-state index in [0.29, 0.717) is 39.3 Å². The Kier molecular flexibility index (Phi) is 6.26. The van der Waals surface area contributed by atoms with Crippen molar-refractivity contribution < 1.29 is 19.1 Å². The SMILES string of the molecule is C[C@]12c3[nH]c4ccccc4c3CCN1C(=O)C(CC(=O)NCC13CC4CC(CC(C4)C1)C3)C[C@@H]2C(=O)N1CCOCC1. The average molecular weight is 573 g/mol. The van der Waals surface area contributed by atoms with Crippen molar-refractivity contribution in [3.05, 3.63) is 35.5 Å². The first kappa shape index (κ1) is 26.7. The van der Waals surface area contributed by atoms with E-state index in [4.69, 9.17) is 4.74 Å². The standard InChI is InChI=1S/C34H44N4O4/c1-33-27(32(41)37-8-10-42-11-9-37)15-24(16-29(39)35-20-34-17-21-12-22(18-34)14-23(13-21)19-34)31(40)38(33)7-6-26-25-4-2-3-5-28(25)36-30(26)33/h2-5,21-24,27,36H,6-20H2,1H3,(H,35,39)/t21?,22?,23?,24?,27-,33+,34?/m1/s1. The van der Waals surface area contributed by atoms with E-state index in [2.05, 4.69) is 29.4 Å². The van der Waals surface area contributed by atoms with Crippen LogP contribution in [-0.4, -0.2) is 71.9 Å². The highest BCUT2D eigenvalue weighted by Gasteiger charge is 2.57. The molecule has 3 atom stereocenters.